The number of aliphatic hydroxyl groups excluding tert-OH is 1. The third-order valence-corrected chi connectivity index (χ3v) is 4.48. The number of thiophene rings is 1. The van der Waals surface area contributed by atoms with Crippen molar-refractivity contribution in [1.29, 1.82) is 0 Å². The van der Waals surface area contributed by atoms with Gasteiger partial charge in [0.15, 0.2) is 0 Å². The highest BCUT2D eigenvalue weighted by atomic mass is 32.1. The smallest absolute Gasteiger partial charge is 0.268 e. The summed E-state index contributed by atoms with van der Waals surface area (Å²) in [6.45, 7) is 1.34. The molecule has 8 heteroatoms. The highest BCUT2D eigenvalue weighted by molar-refractivity contribution is 7.17. The van der Waals surface area contributed by atoms with E-state index < -0.39 is 24.0 Å². The van der Waals surface area contributed by atoms with Gasteiger partial charge in [-0.2, -0.15) is 0 Å². The van der Waals surface area contributed by atoms with Crippen molar-refractivity contribution >= 4 is 23.2 Å². The number of hydrogen-bond acceptors (Lipinski definition) is 6. The van der Waals surface area contributed by atoms with Crippen LogP contribution in [0.2, 0.25) is 0 Å². The fraction of sp³-hybridized carbons (Fsp3) is 0.294. The predicted octanol–water partition coefficient (Wildman–Crippen LogP) is 2.04. The van der Waals surface area contributed by atoms with Gasteiger partial charge in [0, 0.05) is 4.88 Å². The summed E-state index contributed by atoms with van der Waals surface area (Å²) in [6.07, 6.45) is -1.15. The molecule has 1 aromatic carbocycles. The van der Waals surface area contributed by atoms with Gasteiger partial charge in [-0.15, -0.1) is 11.3 Å². The molecule has 7 nitrogen and oxygen atoms in total. The molecule has 25 heavy (non-hydrogen) atoms. The van der Waals surface area contributed by atoms with E-state index in [9.17, 15) is 14.7 Å². The van der Waals surface area contributed by atoms with Crippen molar-refractivity contribution in [2.24, 2.45) is 0 Å². The molecule has 2 aromatic rings. The summed E-state index contributed by atoms with van der Waals surface area (Å²) < 4.78 is 5.18. The van der Waals surface area contributed by atoms with E-state index in [1.165, 1.54) is 23.7 Å². The fourth-order valence-electron chi connectivity index (χ4n) is 2.08. The Labute approximate surface area is 150 Å². The van der Waals surface area contributed by atoms with Crippen LogP contribution in [0.4, 0.5) is 0 Å². The number of benzene rings is 1. The van der Waals surface area contributed by atoms with Gasteiger partial charge in [0.2, 0.25) is 0 Å². The standard InChI is InChI=1S/C16H18N2O5S.CH4/c1-9(19)14(16(21)18-22)17-15(20)13-7-6-12(24-13)10-4-3-5-11(8-10)23-2;/h3-9,14,19,22H,1-2H3,(H,17,20)(H,18,21);1H4/t9-,14+;/m1./s1. The first kappa shape index (κ1) is 20.6. The lowest BCUT2D eigenvalue weighted by atomic mass is 10.1. The minimum atomic E-state index is -1.25. The summed E-state index contributed by atoms with van der Waals surface area (Å²) in [5, 5.41) is 20.6. The largest absolute Gasteiger partial charge is 0.497 e. The third-order valence-electron chi connectivity index (χ3n) is 3.35. The Balaban J connectivity index is 0.00000312. The highest BCUT2D eigenvalue weighted by Crippen LogP contribution is 2.30. The number of carbonyl (C=O) groups excluding carboxylic acids is 2. The monoisotopic (exact) mass is 366 g/mol. The van der Waals surface area contributed by atoms with E-state index in [2.05, 4.69) is 5.32 Å². The minimum Gasteiger partial charge on any atom is -0.497 e. The molecule has 0 bridgehead atoms. The first-order chi connectivity index (χ1) is 11.5. The molecule has 0 radical (unpaired) electrons. The SMILES string of the molecule is C.COc1cccc(-c2ccc(C(=O)N[C@H](C(=O)NO)[C@@H](C)O)s2)c1. The summed E-state index contributed by atoms with van der Waals surface area (Å²) in [4.78, 5) is 25.0. The Kier molecular flexibility index (Phi) is 7.56. The van der Waals surface area contributed by atoms with E-state index in [-0.39, 0.29) is 7.43 Å². The maximum Gasteiger partial charge on any atom is 0.268 e. The molecule has 4 N–H and O–H groups in total. The van der Waals surface area contributed by atoms with E-state index >= 15 is 0 Å². The molecule has 0 fully saturated rings. The molecule has 0 aliphatic rings. The van der Waals surface area contributed by atoms with Crippen LogP contribution >= 0.6 is 11.3 Å². The van der Waals surface area contributed by atoms with Crippen molar-refractivity contribution in [2.75, 3.05) is 7.11 Å². The lowest BCUT2D eigenvalue weighted by molar-refractivity contribution is -0.133. The Bertz CT molecular complexity index is 729. The number of rotatable bonds is 6. The summed E-state index contributed by atoms with van der Waals surface area (Å²) >= 11 is 1.24. The predicted molar refractivity (Wildman–Crippen MR) is 95.9 cm³/mol. The molecule has 0 saturated carbocycles. The molecule has 1 aromatic heterocycles. The van der Waals surface area contributed by atoms with Crippen LogP contribution in [0, 0.1) is 0 Å². The van der Waals surface area contributed by atoms with Gasteiger partial charge in [-0.25, -0.2) is 5.48 Å². The number of amides is 2. The molecule has 2 atom stereocenters. The second-order valence-electron chi connectivity index (χ2n) is 5.06. The lowest BCUT2D eigenvalue weighted by Gasteiger charge is -2.18. The van der Waals surface area contributed by atoms with Gasteiger partial charge >= 0.3 is 0 Å². The maximum absolute atomic E-state index is 12.2. The van der Waals surface area contributed by atoms with Crippen LogP contribution in [0.15, 0.2) is 36.4 Å². The summed E-state index contributed by atoms with van der Waals surface area (Å²) in [6, 6.07) is 9.60. The Morgan fingerprint density at radius 2 is 1.96 bits per heavy atom. The molecular formula is C17H22N2O5S. The Morgan fingerprint density at radius 1 is 1.24 bits per heavy atom. The number of hydroxylamine groups is 1. The number of nitrogens with one attached hydrogen (secondary N) is 2. The average molecular weight is 366 g/mol. The second kappa shape index (κ2) is 9.16. The van der Waals surface area contributed by atoms with E-state index in [0.717, 1.165) is 10.4 Å². The molecule has 0 unspecified atom stereocenters. The normalized spacial score (nSPS) is 12.5. The van der Waals surface area contributed by atoms with Gasteiger partial charge in [0.05, 0.1) is 18.1 Å². The van der Waals surface area contributed by atoms with Crippen molar-refractivity contribution in [2.45, 2.75) is 26.5 Å². The third kappa shape index (κ3) is 5.02. The quantitative estimate of drug-likeness (QED) is 0.462. The molecule has 1 heterocycles. The highest BCUT2D eigenvalue weighted by Gasteiger charge is 2.26. The maximum atomic E-state index is 12.2. The van der Waals surface area contributed by atoms with Crippen molar-refractivity contribution < 1.29 is 24.6 Å². The Hall–Kier alpha value is -2.42. The number of carbonyl (C=O) groups is 2. The van der Waals surface area contributed by atoms with Crippen LogP contribution in [-0.2, 0) is 4.79 Å². The van der Waals surface area contributed by atoms with E-state index in [1.54, 1.807) is 19.2 Å². The molecule has 2 amide bonds. The van der Waals surface area contributed by atoms with Gasteiger partial charge in [-0.3, -0.25) is 14.8 Å². The second-order valence-corrected chi connectivity index (χ2v) is 6.15. The zero-order chi connectivity index (χ0) is 17.7. The number of hydrogen-bond donors (Lipinski definition) is 4. The molecule has 0 aliphatic heterocycles. The number of ether oxygens (including phenoxy) is 1. The van der Waals surface area contributed by atoms with Gasteiger partial charge in [0.1, 0.15) is 11.8 Å². The number of methoxy groups -OCH3 is 1. The molecule has 0 saturated heterocycles. The lowest BCUT2D eigenvalue weighted by Crippen LogP contribution is -2.51. The first-order valence-electron chi connectivity index (χ1n) is 7.13. The Morgan fingerprint density at radius 3 is 2.56 bits per heavy atom. The van der Waals surface area contributed by atoms with Crippen molar-refractivity contribution in [3.8, 4) is 16.2 Å². The van der Waals surface area contributed by atoms with Crippen molar-refractivity contribution in [3.05, 3.63) is 41.3 Å². The van der Waals surface area contributed by atoms with Gasteiger partial charge in [0.25, 0.3) is 11.8 Å². The van der Waals surface area contributed by atoms with Crippen molar-refractivity contribution in [1.82, 2.24) is 10.8 Å². The van der Waals surface area contributed by atoms with Crippen LogP contribution < -0.4 is 15.5 Å². The van der Waals surface area contributed by atoms with Gasteiger partial charge < -0.3 is 15.2 Å². The van der Waals surface area contributed by atoms with Crippen LogP contribution in [0.5, 0.6) is 5.75 Å². The van der Waals surface area contributed by atoms with Gasteiger partial charge in [-0.1, -0.05) is 19.6 Å². The molecule has 2 rings (SSSR count). The van der Waals surface area contributed by atoms with E-state index in [1.807, 2.05) is 24.3 Å². The van der Waals surface area contributed by atoms with Gasteiger partial charge in [-0.05, 0) is 36.8 Å². The topological polar surface area (TPSA) is 108 Å². The minimum absolute atomic E-state index is 0. The van der Waals surface area contributed by atoms with Crippen molar-refractivity contribution in [3.63, 3.8) is 0 Å². The zero-order valence-corrected chi connectivity index (χ0v) is 14.0. The zero-order valence-electron chi connectivity index (χ0n) is 13.1. The fourth-order valence-corrected chi connectivity index (χ4v) is 2.98. The molecular weight excluding hydrogens is 344 g/mol. The number of aliphatic hydroxyl groups is 1. The summed E-state index contributed by atoms with van der Waals surface area (Å²) in [5.74, 6) is -0.688. The first-order valence-corrected chi connectivity index (χ1v) is 7.95. The van der Waals surface area contributed by atoms with Crippen LogP contribution in [-0.4, -0.2) is 41.4 Å². The molecule has 0 spiro atoms. The molecule has 0 aliphatic carbocycles. The van der Waals surface area contributed by atoms with E-state index in [4.69, 9.17) is 9.94 Å². The average Bonchev–Trinajstić information content (AvgIpc) is 3.08. The van der Waals surface area contributed by atoms with Crippen LogP contribution in [0.25, 0.3) is 10.4 Å². The van der Waals surface area contributed by atoms with Crippen LogP contribution in [0.1, 0.15) is 24.0 Å². The van der Waals surface area contributed by atoms with Crippen LogP contribution in [0.3, 0.4) is 0 Å². The molecule has 136 valence electrons. The summed E-state index contributed by atoms with van der Waals surface area (Å²) in [7, 11) is 1.58. The summed E-state index contributed by atoms with van der Waals surface area (Å²) in [5.41, 5.74) is 2.32. The van der Waals surface area contributed by atoms with E-state index in [0.29, 0.717) is 10.6 Å².